The molecule has 0 aromatic heterocycles. The van der Waals surface area contributed by atoms with Crippen molar-refractivity contribution in [1.82, 2.24) is 0 Å². The van der Waals surface area contributed by atoms with Crippen LogP contribution in [0.25, 0.3) is 0 Å². The van der Waals surface area contributed by atoms with Gasteiger partial charge in [0.2, 0.25) is 0 Å². The van der Waals surface area contributed by atoms with Crippen molar-refractivity contribution < 1.29 is 14.6 Å². The maximum absolute atomic E-state index is 8.64. The second-order valence-corrected chi connectivity index (χ2v) is 3.89. The predicted octanol–water partition coefficient (Wildman–Crippen LogP) is 1.05. The number of rotatable bonds is 3. The van der Waals surface area contributed by atoms with Crippen molar-refractivity contribution >= 4 is 0 Å². The maximum atomic E-state index is 8.64. The molecule has 3 heteroatoms. The van der Waals surface area contributed by atoms with Crippen LogP contribution in [0.15, 0.2) is 0 Å². The average molecular weight is 188 g/mol. The summed E-state index contributed by atoms with van der Waals surface area (Å²) in [5.74, 6) is 1.03. The number of hydrogen-bond acceptors (Lipinski definition) is 3. The van der Waals surface area contributed by atoms with E-state index in [0.717, 1.165) is 0 Å². The van der Waals surface area contributed by atoms with E-state index in [4.69, 9.17) is 14.6 Å². The molecule has 78 valence electrons. The van der Waals surface area contributed by atoms with Gasteiger partial charge in [-0.2, -0.15) is 0 Å². The first-order chi connectivity index (χ1) is 6.16. The van der Waals surface area contributed by atoms with E-state index < -0.39 is 0 Å². The Morgan fingerprint density at radius 2 is 2.00 bits per heavy atom. The quantitative estimate of drug-likeness (QED) is 0.719. The molecule has 4 unspecified atom stereocenters. The lowest BCUT2D eigenvalue weighted by Crippen LogP contribution is -2.43. The van der Waals surface area contributed by atoms with Gasteiger partial charge in [0.25, 0.3) is 0 Å². The number of ether oxygens (including phenoxy) is 2. The Morgan fingerprint density at radius 3 is 2.62 bits per heavy atom. The Morgan fingerprint density at radius 1 is 1.31 bits per heavy atom. The van der Waals surface area contributed by atoms with Crippen molar-refractivity contribution in [3.05, 3.63) is 0 Å². The van der Waals surface area contributed by atoms with Gasteiger partial charge in [-0.05, 0) is 18.8 Å². The largest absolute Gasteiger partial charge is 0.394 e. The van der Waals surface area contributed by atoms with Crippen LogP contribution in [0.3, 0.4) is 0 Å². The summed E-state index contributed by atoms with van der Waals surface area (Å²) in [5, 5.41) is 8.64. The second kappa shape index (κ2) is 4.94. The molecular formula is C10H20O3. The topological polar surface area (TPSA) is 38.7 Å². The fraction of sp³-hybridized carbons (Fsp3) is 1.00. The van der Waals surface area contributed by atoms with Crippen molar-refractivity contribution in [2.75, 3.05) is 19.8 Å². The molecule has 1 aliphatic heterocycles. The molecule has 3 nitrogen and oxygen atoms in total. The normalized spacial score (nSPS) is 40.6. The zero-order valence-corrected chi connectivity index (χ0v) is 8.69. The minimum Gasteiger partial charge on any atom is -0.394 e. The van der Waals surface area contributed by atoms with Crippen molar-refractivity contribution in [1.29, 1.82) is 0 Å². The lowest BCUT2D eigenvalue weighted by atomic mass is 9.85. The summed E-state index contributed by atoms with van der Waals surface area (Å²) in [4.78, 5) is 0. The second-order valence-electron chi connectivity index (χ2n) is 3.89. The molecule has 1 N–H and O–H groups in total. The Labute approximate surface area is 80.0 Å². The Hall–Kier alpha value is -0.120. The molecule has 1 rings (SSSR count). The van der Waals surface area contributed by atoms with Crippen LogP contribution in [-0.4, -0.2) is 37.1 Å². The summed E-state index contributed by atoms with van der Waals surface area (Å²) in [6, 6.07) is 0. The molecule has 13 heavy (non-hydrogen) atoms. The number of aliphatic hydroxyl groups excluding tert-OH is 1. The van der Waals surface area contributed by atoms with Crippen molar-refractivity contribution in [3.63, 3.8) is 0 Å². The van der Waals surface area contributed by atoms with Crippen molar-refractivity contribution in [2.24, 2.45) is 11.8 Å². The molecule has 1 aliphatic rings. The standard InChI is InChI=1S/C10H20O3/c1-7-8(2)10(12-5-4-11)6-13-9(7)3/h7-11H,4-6H2,1-3H3. The third kappa shape index (κ3) is 2.66. The summed E-state index contributed by atoms with van der Waals surface area (Å²) in [6.45, 7) is 7.64. The van der Waals surface area contributed by atoms with Crippen molar-refractivity contribution in [3.8, 4) is 0 Å². The highest BCUT2D eigenvalue weighted by molar-refractivity contribution is 4.80. The minimum atomic E-state index is 0.0904. The molecule has 0 radical (unpaired) electrons. The van der Waals surface area contributed by atoms with Crippen molar-refractivity contribution in [2.45, 2.75) is 33.0 Å². The predicted molar refractivity (Wildman–Crippen MR) is 50.6 cm³/mol. The van der Waals surface area contributed by atoms with Crippen LogP contribution in [0.5, 0.6) is 0 Å². The smallest absolute Gasteiger partial charge is 0.0838 e. The van der Waals surface area contributed by atoms with E-state index in [1.165, 1.54) is 0 Å². The first kappa shape index (κ1) is 11.0. The van der Waals surface area contributed by atoms with Gasteiger partial charge in [0.1, 0.15) is 0 Å². The third-order valence-electron chi connectivity index (χ3n) is 3.10. The maximum Gasteiger partial charge on any atom is 0.0838 e. The zero-order chi connectivity index (χ0) is 9.84. The summed E-state index contributed by atoms with van der Waals surface area (Å²) >= 11 is 0. The highest BCUT2D eigenvalue weighted by Crippen LogP contribution is 2.28. The molecule has 1 saturated heterocycles. The molecule has 0 aromatic rings. The zero-order valence-electron chi connectivity index (χ0n) is 8.69. The first-order valence-corrected chi connectivity index (χ1v) is 5.01. The molecular weight excluding hydrogens is 168 g/mol. The summed E-state index contributed by atoms with van der Waals surface area (Å²) in [7, 11) is 0. The molecule has 1 heterocycles. The van der Waals surface area contributed by atoms with Crippen LogP contribution in [0, 0.1) is 11.8 Å². The van der Waals surface area contributed by atoms with Gasteiger partial charge >= 0.3 is 0 Å². The molecule has 0 aromatic carbocycles. The SMILES string of the molecule is CC1OCC(OCCO)C(C)C1C. The third-order valence-corrected chi connectivity index (χ3v) is 3.10. The van der Waals surface area contributed by atoms with Crippen LogP contribution in [0.1, 0.15) is 20.8 Å². The summed E-state index contributed by atoms with van der Waals surface area (Å²) in [5.41, 5.74) is 0. The molecule has 0 bridgehead atoms. The van der Waals surface area contributed by atoms with E-state index in [2.05, 4.69) is 20.8 Å². The van der Waals surface area contributed by atoms with E-state index in [9.17, 15) is 0 Å². The lowest BCUT2D eigenvalue weighted by molar-refractivity contribution is -0.137. The fourth-order valence-corrected chi connectivity index (χ4v) is 1.72. The lowest BCUT2D eigenvalue weighted by Gasteiger charge is -2.38. The first-order valence-electron chi connectivity index (χ1n) is 5.01. The van der Waals surface area contributed by atoms with Gasteiger partial charge in [0, 0.05) is 0 Å². The van der Waals surface area contributed by atoms with E-state index in [1.54, 1.807) is 0 Å². The van der Waals surface area contributed by atoms with Gasteiger partial charge in [-0.25, -0.2) is 0 Å². The van der Waals surface area contributed by atoms with Crippen LogP contribution in [-0.2, 0) is 9.47 Å². The van der Waals surface area contributed by atoms with Crippen LogP contribution in [0.4, 0.5) is 0 Å². The molecule has 1 fully saturated rings. The van der Waals surface area contributed by atoms with Gasteiger partial charge < -0.3 is 14.6 Å². The van der Waals surface area contributed by atoms with Gasteiger partial charge in [-0.15, -0.1) is 0 Å². The Balaban J connectivity index is 2.39. The molecule has 0 amide bonds. The van der Waals surface area contributed by atoms with Crippen LogP contribution < -0.4 is 0 Å². The van der Waals surface area contributed by atoms with Gasteiger partial charge in [-0.3, -0.25) is 0 Å². The molecule has 0 aliphatic carbocycles. The van der Waals surface area contributed by atoms with E-state index in [1.807, 2.05) is 0 Å². The van der Waals surface area contributed by atoms with E-state index >= 15 is 0 Å². The highest BCUT2D eigenvalue weighted by atomic mass is 16.5. The van der Waals surface area contributed by atoms with Gasteiger partial charge in [-0.1, -0.05) is 13.8 Å². The summed E-state index contributed by atoms with van der Waals surface area (Å²) in [6.07, 6.45) is 0.474. The van der Waals surface area contributed by atoms with E-state index in [-0.39, 0.29) is 12.7 Å². The van der Waals surface area contributed by atoms with Gasteiger partial charge in [0.05, 0.1) is 32.0 Å². The summed E-state index contributed by atoms with van der Waals surface area (Å²) < 4.78 is 11.1. The van der Waals surface area contributed by atoms with Crippen LogP contribution >= 0.6 is 0 Å². The molecule has 0 saturated carbocycles. The minimum absolute atomic E-state index is 0.0904. The fourth-order valence-electron chi connectivity index (χ4n) is 1.72. The Kier molecular flexibility index (Phi) is 4.16. The van der Waals surface area contributed by atoms with E-state index in [0.29, 0.717) is 31.2 Å². The van der Waals surface area contributed by atoms with Crippen LogP contribution in [0.2, 0.25) is 0 Å². The Bertz CT molecular complexity index is 147. The number of hydrogen-bond donors (Lipinski definition) is 1. The molecule has 0 spiro atoms. The monoisotopic (exact) mass is 188 g/mol. The number of aliphatic hydroxyl groups is 1. The van der Waals surface area contributed by atoms with Gasteiger partial charge in [0.15, 0.2) is 0 Å². The molecule has 4 atom stereocenters. The highest BCUT2D eigenvalue weighted by Gasteiger charge is 2.32. The average Bonchev–Trinajstić information content (AvgIpc) is 2.13.